The molecule has 1 N–H and O–H groups in total. The summed E-state index contributed by atoms with van der Waals surface area (Å²) in [6.45, 7) is 2.21. The lowest BCUT2D eigenvalue weighted by Crippen LogP contribution is -2.25. The first-order valence-electron chi connectivity index (χ1n) is 7.82. The van der Waals surface area contributed by atoms with E-state index in [0.717, 1.165) is 11.3 Å². The molecule has 0 radical (unpaired) electrons. The first kappa shape index (κ1) is 16.7. The molecule has 1 aromatic heterocycles. The number of nitrogens with zero attached hydrogens (tertiary/aromatic N) is 2. The Hall–Kier alpha value is -3.15. The Morgan fingerprint density at radius 3 is 2.60 bits per heavy atom. The zero-order chi connectivity index (χ0) is 17.8. The van der Waals surface area contributed by atoms with E-state index in [9.17, 15) is 9.18 Å². The van der Waals surface area contributed by atoms with Crippen LogP contribution in [0, 0.1) is 12.7 Å². The number of hydrogen-bond acceptors (Lipinski definition) is 3. The fourth-order valence-electron chi connectivity index (χ4n) is 2.45. The molecule has 0 fully saturated rings. The minimum absolute atomic E-state index is 0.187. The minimum atomic E-state index is -0.311. The number of ether oxygens (including phenoxy) is 1. The van der Waals surface area contributed by atoms with Crippen LogP contribution in [0.3, 0.4) is 0 Å². The Morgan fingerprint density at radius 2 is 1.92 bits per heavy atom. The highest BCUT2D eigenvalue weighted by molar-refractivity contribution is 5.92. The van der Waals surface area contributed by atoms with Crippen molar-refractivity contribution >= 4 is 5.91 Å². The van der Waals surface area contributed by atoms with Gasteiger partial charge in [0.25, 0.3) is 5.91 Å². The number of nitrogens with one attached hydrogen (secondary N) is 1. The third-order valence-corrected chi connectivity index (χ3v) is 3.64. The SMILES string of the molecule is Cc1cc(C(=O)NCc2cccc(Oc3ccc(F)cc3)c2)n(C)n1. The van der Waals surface area contributed by atoms with Crippen LogP contribution in [0.1, 0.15) is 21.7 Å². The van der Waals surface area contributed by atoms with E-state index < -0.39 is 0 Å². The fraction of sp³-hybridized carbons (Fsp3) is 0.158. The van der Waals surface area contributed by atoms with E-state index in [4.69, 9.17) is 4.74 Å². The van der Waals surface area contributed by atoms with Crippen LogP contribution in [-0.4, -0.2) is 15.7 Å². The fourth-order valence-corrected chi connectivity index (χ4v) is 2.45. The number of aromatic nitrogens is 2. The van der Waals surface area contributed by atoms with Crippen molar-refractivity contribution in [3.63, 3.8) is 0 Å². The van der Waals surface area contributed by atoms with Crippen molar-refractivity contribution in [3.05, 3.63) is 77.4 Å². The molecule has 25 heavy (non-hydrogen) atoms. The predicted molar refractivity (Wildman–Crippen MR) is 92.0 cm³/mol. The number of benzene rings is 2. The van der Waals surface area contributed by atoms with Gasteiger partial charge >= 0.3 is 0 Å². The van der Waals surface area contributed by atoms with Crippen LogP contribution in [0.15, 0.2) is 54.6 Å². The summed E-state index contributed by atoms with van der Waals surface area (Å²) in [5.74, 6) is 0.671. The maximum Gasteiger partial charge on any atom is 0.269 e. The average Bonchev–Trinajstić information content (AvgIpc) is 2.94. The largest absolute Gasteiger partial charge is 0.457 e. The number of rotatable bonds is 5. The van der Waals surface area contributed by atoms with Crippen molar-refractivity contribution < 1.29 is 13.9 Å². The lowest BCUT2D eigenvalue weighted by atomic mass is 10.2. The van der Waals surface area contributed by atoms with Gasteiger partial charge in [-0.2, -0.15) is 5.10 Å². The van der Waals surface area contributed by atoms with E-state index >= 15 is 0 Å². The number of halogens is 1. The number of aryl methyl sites for hydroxylation is 2. The van der Waals surface area contributed by atoms with Crippen molar-refractivity contribution in [1.29, 1.82) is 0 Å². The van der Waals surface area contributed by atoms with Gasteiger partial charge in [0.05, 0.1) is 5.69 Å². The summed E-state index contributed by atoms with van der Waals surface area (Å²) in [5, 5.41) is 7.03. The Labute approximate surface area is 145 Å². The van der Waals surface area contributed by atoms with Gasteiger partial charge in [-0.1, -0.05) is 12.1 Å². The van der Waals surface area contributed by atoms with Gasteiger partial charge < -0.3 is 10.1 Å². The van der Waals surface area contributed by atoms with Gasteiger partial charge in [-0.05, 0) is 55.0 Å². The molecule has 0 unspecified atom stereocenters. The number of carbonyl (C=O) groups excluding carboxylic acids is 1. The molecule has 0 aliphatic carbocycles. The molecule has 5 nitrogen and oxygen atoms in total. The van der Waals surface area contributed by atoms with E-state index in [1.54, 1.807) is 36.0 Å². The summed E-state index contributed by atoms with van der Waals surface area (Å²) in [6.07, 6.45) is 0. The number of amides is 1. The zero-order valence-corrected chi connectivity index (χ0v) is 14.0. The van der Waals surface area contributed by atoms with E-state index in [1.807, 2.05) is 25.1 Å². The maximum atomic E-state index is 12.9. The summed E-state index contributed by atoms with van der Waals surface area (Å²) >= 11 is 0. The Balaban J connectivity index is 1.64. The Morgan fingerprint density at radius 1 is 1.16 bits per heavy atom. The van der Waals surface area contributed by atoms with Gasteiger partial charge in [-0.15, -0.1) is 0 Å². The van der Waals surface area contributed by atoms with Crippen molar-refractivity contribution in [2.45, 2.75) is 13.5 Å². The second-order valence-electron chi connectivity index (χ2n) is 5.68. The molecule has 3 rings (SSSR count). The molecule has 1 heterocycles. The van der Waals surface area contributed by atoms with Gasteiger partial charge in [0.2, 0.25) is 0 Å². The van der Waals surface area contributed by atoms with Crippen LogP contribution in [0.5, 0.6) is 11.5 Å². The average molecular weight is 339 g/mol. The topological polar surface area (TPSA) is 56.1 Å². The minimum Gasteiger partial charge on any atom is -0.457 e. The lowest BCUT2D eigenvalue weighted by Gasteiger charge is -2.09. The maximum absolute atomic E-state index is 12.9. The number of hydrogen-bond donors (Lipinski definition) is 1. The molecule has 0 saturated carbocycles. The molecule has 0 saturated heterocycles. The van der Waals surface area contributed by atoms with Crippen LogP contribution in [0.4, 0.5) is 4.39 Å². The molecule has 0 bridgehead atoms. The first-order chi connectivity index (χ1) is 12.0. The van der Waals surface area contributed by atoms with Crippen LogP contribution < -0.4 is 10.1 Å². The number of carbonyl (C=O) groups is 1. The smallest absolute Gasteiger partial charge is 0.269 e. The van der Waals surface area contributed by atoms with Crippen LogP contribution in [0.2, 0.25) is 0 Å². The van der Waals surface area contributed by atoms with Crippen LogP contribution in [-0.2, 0) is 13.6 Å². The summed E-state index contributed by atoms with van der Waals surface area (Å²) < 4.78 is 20.2. The summed E-state index contributed by atoms with van der Waals surface area (Å²) in [6, 6.07) is 14.9. The summed E-state index contributed by atoms with van der Waals surface area (Å²) in [7, 11) is 1.74. The molecule has 0 spiro atoms. The van der Waals surface area contributed by atoms with Crippen LogP contribution in [0.25, 0.3) is 0 Å². The molecule has 1 amide bonds. The van der Waals surface area contributed by atoms with Gasteiger partial charge in [-0.25, -0.2) is 4.39 Å². The van der Waals surface area contributed by atoms with Crippen molar-refractivity contribution in [2.24, 2.45) is 7.05 Å². The van der Waals surface area contributed by atoms with Crippen molar-refractivity contribution in [1.82, 2.24) is 15.1 Å². The predicted octanol–water partition coefficient (Wildman–Crippen LogP) is 3.59. The van der Waals surface area contributed by atoms with E-state index in [2.05, 4.69) is 10.4 Å². The molecule has 0 aliphatic heterocycles. The highest BCUT2D eigenvalue weighted by Gasteiger charge is 2.11. The van der Waals surface area contributed by atoms with Gasteiger partial charge in [-0.3, -0.25) is 9.48 Å². The highest BCUT2D eigenvalue weighted by atomic mass is 19.1. The van der Waals surface area contributed by atoms with E-state index in [1.165, 1.54) is 12.1 Å². The van der Waals surface area contributed by atoms with E-state index in [-0.39, 0.29) is 11.7 Å². The van der Waals surface area contributed by atoms with Crippen molar-refractivity contribution in [2.75, 3.05) is 0 Å². The van der Waals surface area contributed by atoms with Crippen LogP contribution >= 0.6 is 0 Å². The normalized spacial score (nSPS) is 10.5. The standard InChI is InChI=1S/C19H18FN3O2/c1-13-10-18(23(2)22-13)19(24)21-12-14-4-3-5-17(11-14)25-16-8-6-15(20)7-9-16/h3-11H,12H2,1-2H3,(H,21,24). The first-order valence-corrected chi connectivity index (χ1v) is 7.82. The second-order valence-corrected chi connectivity index (χ2v) is 5.68. The quantitative estimate of drug-likeness (QED) is 0.773. The lowest BCUT2D eigenvalue weighted by molar-refractivity contribution is 0.0941. The zero-order valence-electron chi connectivity index (χ0n) is 14.0. The molecule has 2 aromatic carbocycles. The summed E-state index contributed by atoms with van der Waals surface area (Å²) in [4.78, 5) is 12.2. The summed E-state index contributed by atoms with van der Waals surface area (Å²) in [5.41, 5.74) is 2.20. The Kier molecular flexibility index (Phi) is 4.79. The third kappa shape index (κ3) is 4.23. The van der Waals surface area contributed by atoms with E-state index in [0.29, 0.717) is 23.7 Å². The molecule has 128 valence electrons. The third-order valence-electron chi connectivity index (χ3n) is 3.64. The molecular formula is C19H18FN3O2. The molecule has 3 aromatic rings. The molecule has 0 atom stereocenters. The molecule has 0 aliphatic rings. The van der Waals surface area contributed by atoms with Gasteiger partial charge in [0.1, 0.15) is 23.0 Å². The monoisotopic (exact) mass is 339 g/mol. The molecule has 6 heteroatoms. The second kappa shape index (κ2) is 7.17. The highest BCUT2D eigenvalue weighted by Crippen LogP contribution is 2.22. The van der Waals surface area contributed by atoms with Gasteiger partial charge in [0, 0.05) is 13.6 Å². The van der Waals surface area contributed by atoms with Gasteiger partial charge in [0.15, 0.2) is 0 Å². The van der Waals surface area contributed by atoms with Crippen molar-refractivity contribution in [3.8, 4) is 11.5 Å². The Bertz CT molecular complexity index is 888. The molecular weight excluding hydrogens is 321 g/mol.